The molecular formula is C23H30ClN3O2. The summed E-state index contributed by atoms with van der Waals surface area (Å²) in [6.45, 7) is 2.77. The predicted molar refractivity (Wildman–Crippen MR) is 118 cm³/mol. The van der Waals surface area contributed by atoms with Gasteiger partial charge in [0, 0.05) is 19.1 Å². The van der Waals surface area contributed by atoms with E-state index in [1.807, 2.05) is 47.4 Å². The summed E-state index contributed by atoms with van der Waals surface area (Å²) >= 11 is 0. The Morgan fingerprint density at radius 1 is 0.966 bits per heavy atom. The quantitative estimate of drug-likeness (QED) is 0.730. The number of nitrogens with one attached hydrogen (secondary N) is 2. The van der Waals surface area contributed by atoms with Crippen LogP contribution in [0.4, 0.5) is 0 Å². The average molecular weight is 416 g/mol. The van der Waals surface area contributed by atoms with Crippen LogP contribution in [0.3, 0.4) is 0 Å². The maximum atomic E-state index is 12.4. The van der Waals surface area contributed by atoms with Gasteiger partial charge in [0.1, 0.15) is 0 Å². The number of fused-ring (bicyclic) bond motifs is 1. The molecule has 2 amide bonds. The van der Waals surface area contributed by atoms with Gasteiger partial charge in [-0.15, -0.1) is 12.4 Å². The van der Waals surface area contributed by atoms with Crippen LogP contribution in [0.25, 0.3) is 10.8 Å². The Hall–Kier alpha value is -2.11. The van der Waals surface area contributed by atoms with Crippen LogP contribution < -0.4 is 10.6 Å². The molecule has 0 spiro atoms. The Bertz CT molecular complexity index is 840. The van der Waals surface area contributed by atoms with Crippen molar-refractivity contribution in [3.63, 3.8) is 0 Å². The Balaban J connectivity index is 0.00000240. The molecule has 2 aromatic carbocycles. The monoisotopic (exact) mass is 415 g/mol. The molecule has 0 aromatic heterocycles. The second kappa shape index (κ2) is 10.1. The minimum absolute atomic E-state index is 0. The van der Waals surface area contributed by atoms with Gasteiger partial charge >= 0.3 is 0 Å². The highest BCUT2D eigenvalue weighted by Crippen LogP contribution is 2.28. The molecule has 1 saturated heterocycles. The fraction of sp³-hybridized carbons (Fsp3) is 0.478. The minimum Gasteiger partial charge on any atom is -0.347 e. The third-order valence-corrected chi connectivity index (χ3v) is 5.91. The molecule has 4 rings (SSSR count). The second-order valence-corrected chi connectivity index (χ2v) is 8.10. The second-order valence-electron chi connectivity index (χ2n) is 8.10. The molecule has 2 fully saturated rings. The molecule has 0 bridgehead atoms. The summed E-state index contributed by atoms with van der Waals surface area (Å²) in [5.41, 5.74) is 0.991. The summed E-state index contributed by atoms with van der Waals surface area (Å²) < 4.78 is 0. The summed E-state index contributed by atoms with van der Waals surface area (Å²) in [4.78, 5) is 26.7. The molecule has 1 saturated carbocycles. The molecule has 2 aliphatic rings. The molecule has 1 heterocycles. The molecule has 1 aliphatic heterocycles. The zero-order valence-corrected chi connectivity index (χ0v) is 17.5. The highest BCUT2D eigenvalue weighted by Gasteiger charge is 2.26. The molecule has 29 heavy (non-hydrogen) atoms. The average Bonchev–Trinajstić information content (AvgIpc) is 3.56. The number of amides is 2. The van der Waals surface area contributed by atoms with Gasteiger partial charge in [-0.3, -0.25) is 9.59 Å². The first kappa shape index (κ1) is 21.6. The lowest BCUT2D eigenvalue weighted by molar-refractivity contribution is -0.133. The van der Waals surface area contributed by atoms with Gasteiger partial charge in [-0.2, -0.15) is 0 Å². The number of hydrogen-bond acceptors (Lipinski definition) is 3. The van der Waals surface area contributed by atoms with Gasteiger partial charge in [0.2, 0.25) is 11.8 Å². The van der Waals surface area contributed by atoms with E-state index in [0.29, 0.717) is 12.5 Å². The molecule has 2 aromatic rings. The van der Waals surface area contributed by atoms with Crippen molar-refractivity contribution in [2.75, 3.05) is 26.2 Å². The highest BCUT2D eigenvalue weighted by atomic mass is 35.5. The number of likely N-dealkylation sites (tertiary alicyclic amines) is 1. The molecule has 1 aliphatic carbocycles. The highest BCUT2D eigenvalue weighted by molar-refractivity contribution is 5.91. The van der Waals surface area contributed by atoms with Crippen LogP contribution in [0.2, 0.25) is 0 Å². The van der Waals surface area contributed by atoms with Crippen molar-refractivity contribution in [3.8, 4) is 0 Å². The Labute approximate surface area is 178 Å². The van der Waals surface area contributed by atoms with E-state index in [0.717, 1.165) is 54.7 Å². The Morgan fingerprint density at radius 2 is 1.69 bits per heavy atom. The number of piperidine rings is 1. The van der Waals surface area contributed by atoms with Crippen LogP contribution in [0.15, 0.2) is 42.5 Å². The lowest BCUT2D eigenvalue weighted by atomic mass is 10.0. The van der Waals surface area contributed by atoms with Crippen molar-refractivity contribution in [1.29, 1.82) is 0 Å². The third kappa shape index (κ3) is 5.94. The van der Waals surface area contributed by atoms with Gasteiger partial charge in [0.25, 0.3) is 0 Å². The predicted octanol–water partition coefficient (Wildman–Crippen LogP) is 2.91. The van der Waals surface area contributed by atoms with Crippen molar-refractivity contribution in [2.24, 2.45) is 5.92 Å². The first-order valence-corrected chi connectivity index (χ1v) is 10.4. The normalized spacial score (nSPS) is 17.0. The fourth-order valence-corrected chi connectivity index (χ4v) is 3.96. The number of carbonyl (C=O) groups is 2. The molecule has 5 nitrogen and oxygen atoms in total. The standard InChI is InChI=1S/C23H29N3O2.ClH/c27-22(14-19-6-3-5-18-4-1-2-7-21(18)19)25-16-23(28)26-12-10-20(11-13-26)24-15-17-8-9-17;/h1-7,17,20,24H,8-16H2,(H,25,27);1H. The van der Waals surface area contributed by atoms with E-state index in [1.165, 1.54) is 12.8 Å². The Kier molecular flexibility index (Phi) is 7.51. The van der Waals surface area contributed by atoms with Crippen molar-refractivity contribution in [1.82, 2.24) is 15.5 Å². The van der Waals surface area contributed by atoms with E-state index in [4.69, 9.17) is 0 Å². The number of carbonyl (C=O) groups excluding carboxylic acids is 2. The maximum absolute atomic E-state index is 12.4. The van der Waals surface area contributed by atoms with E-state index in [9.17, 15) is 9.59 Å². The van der Waals surface area contributed by atoms with E-state index < -0.39 is 0 Å². The van der Waals surface area contributed by atoms with E-state index in [2.05, 4.69) is 10.6 Å². The van der Waals surface area contributed by atoms with Gasteiger partial charge < -0.3 is 15.5 Å². The third-order valence-electron chi connectivity index (χ3n) is 5.91. The summed E-state index contributed by atoms with van der Waals surface area (Å²) in [5, 5.41) is 8.65. The summed E-state index contributed by atoms with van der Waals surface area (Å²) in [7, 11) is 0. The van der Waals surface area contributed by atoms with Gasteiger partial charge in [-0.05, 0) is 54.5 Å². The molecule has 156 valence electrons. The first-order chi connectivity index (χ1) is 13.7. The summed E-state index contributed by atoms with van der Waals surface area (Å²) in [6, 6.07) is 14.6. The van der Waals surface area contributed by atoms with Gasteiger partial charge in [-0.25, -0.2) is 0 Å². The maximum Gasteiger partial charge on any atom is 0.241 e. The van der Waals surface area contributed by atoms with Crippen LogP contribution in [0, 0.1) is 5.92 Å². The van der Waals surface area contributed by atoms with Crippen molar-refractivity contribution >= 4 is 35.0 Å². The zero-order valence-electron chi connectivity index (χ0n) is 16.7. The summed E-state index contributed by atoms with van der Waals surface area (Å²) in [5.74, 6) is 0.800. The van der Waals surface area contributed by atoms with Gasteiger partial charge in [0.05, 0.1) is 13.0 Å². The summed E-state index contributed by atoms with van der Waals surface area (Å²) in [6.07, 6.45) is 5.03. The molecule has 0 unspecified atom stereocenters. The number of benzene rings is 2. The minimum atomic E-state index is -0.106. The van der Waals surface area contributed by atoms with Crippen molar-refractivity contribution < 1.29 is 9.59 Å². The molecular weight excluding hydrogens is 386 g/mol. The zero-order chi connectivity index (χ0) is 19.3. The fourth-order valence-electron chi connectivity index (χ4n) is 3.96. The number of hydrogen-bond donors (Lipinski definition) is 2. The lowest BCUT2D eigenvalue weighted by Crippen LogP contribution is -2.48. The van der Waals surface area contributed by atoms with Gasteiger partial charge in [-0.1, -0.05) is 42.5 Å². The molecule has 0 radical (unpaired) electrons. The molecule has 6 heteroatoms. The first-order valence-electron chi connectivity index (χ1n) is 10.4. The number of nitrogens with zero attached hydrogens (tertiary/aromatic N) is 1. The van der Waals surface area contributed by atoms with Crippen LogP contribution in [0.5, 0.6) is 0 Å². The van der Waals surface area contributed by atoms with Crippen LogP contribution >= 0.6 is 12.4 Å². The smallest absolute Gasteiger partial charge is 0.241 e. The SMILES string of the molecule is Cl.O=C(Cc1cccc2ccccc12)NCC(=O)N1CCC(NCC2CC2)CC1. The molecule has 2 N–H and O–H groups in total. The molecule has 0 atom stereocenters. The number of rotatable bonds is 7. The van der Waals surface area contributed by atoms with E-state index in [1.54, 1.807) is 0 Å². The van der Waals surface area contributed by atoms with Crippen molar-refractivity contribution in [3.05, 3.63) is 48.0 Å². The van der Waals surface area contributed by atoms with Crippen LogP contribution in [-0.2, 0) is 16.0 Å². The largest absolute Gasteiger partial charge is 0.347 e. The van der Waals surface area contributed by atoms with Gasteiger partial charge in [0.15, 0.2) is 0 Å². The Morgan fingerprint density at radius 3 is 2.45 bits per heavy atom. The van der Waals surface area contributed by atoms with Crippen molar-refractivity contribution in [2.45, 2.75) is 38.1 Å². The number of halogens is 1. The lowest BCUT2D eigenvalue weighted by Gasteiger charge is -2.32. The van der Waals surface area contributed by atoms with E-state index >= 15 is 0 Å². The van der Waals surface area contributed by atoms with Crippen LogP contribution in [0.1, 0.15) is 31.2 Å². The van der Waals surface area contributed by atoms with E-state index in [-0.39, 0.29) is 30.8 Å². The topological polar surface area (TPSA) is 61.4 Å². The van der Waals surface area contributed by atoms with Crippen LogP contribution in [-0.4, -0.2) is 48.9 Å².